The van der Waals surface area contributed by atoms with Crippen molar-refractivity contribution in [2.24, 2.45) is 10.7 Å². The molecule has 0 aromatic heterocycles. The van der Waals surface area contributed by atoms with E-state index >= 15 is 0 Å². The Morgan fingerprint density at radius 1 is 1.19 bits per heavy atom. The number of benzene rings is 1. The molecule has 0 spiro atoms. The highest BCUT2D eigenvalue weighted by molar-refractivity contribution is 6.03. The summed E-state index contributed by atoms with van der Waals surface area (Å²) < 4.78 is 11.3. The average Bonchev–Trinajstić information content (AvgIpc) is 3.27. The van der Waals surface area contributed by atoms with Gasteiger partial charge in [0.2, 0.25) is 0 Å². The fourth-order valence-corrected chi connectivity index (χ4v) is 2.88. The second kappa shape index (κ2) is 4.65. The third kappa shape index (κ3) is 2.11. The Kier molecular flexibility index (Phi) is 2.77. The molecule has 0 bridgehead atoms. The van der Waals surface area contributed by atoms with Crippen LogP contribution in [0.2, 0.25) is 0 Å². The molecule has 1 saturated carbocycles. The second-order valence-electron chi connectivity index (χ2n) is 5.62. The summed E-state index contributed by atoms with van der Waals surface area (Å²) in [4.78, 5) is 17.7. The summed E-state index contributed by atoms with van der Waals surface area (Å²) in [6.45, 7) is 1.29. The number of amides is 2. The zero-order valence-corrected chi connectivity index (χ0v) is 11.6. The SMILES string of the molecule is NC1=NC(=O)N(C2CC2)C1c1ccc2c(c1)OCCCO2. The van der Waals surface area contributed by atoms with E-state index in [-0.39, 0.29) is 18.1 Å². The lowest BCUT2D eigenvalue weighted by Gasteiger charge is -2.24. The molecule has 1 aliphatic carbocycles. The first kappa shape index (κ1) is 12.5. The van der Waals surface area contributed by atoms with E-state index in [9.17, 15) is 4.79 Å². The molecule has 2 amide bonds. The number of hydrogen-bond donors (Lipinski definition) is 1. The van der Waals surface area contributed by atoms with Crippen LogP contribution in [-0.2, 0) is 0 Å². The summed E-state index contributed by atoms with van der Waals surface area (Å²) in [6.07, 6.45) is 2.91. The van der Waals surface area contributed by atoms with Crippen molar-refractivity contribution < 1.29 is 14.3 Å². The van der Waals surface area contributed by atoms with Crippen LogP contribution in [0.3, 0.4) is 0 Å². The average molecular weight is 287 g/mol. The zero-order valence-electron chi connectivity index (χ0n) is 11.6. The minimum Gasteiger partial charge on any atom is -0.490 e. The van der Waals surface area contributed by atoms with Crippen LogP contribution in [0.25, 0.3) is 0 Å². The van der Waals surface area contributed by atoms with Crippen LogP contribution >= 0.6 is 0 Å². The number of carbonyl (C=O) groups excluding carboxylic acids is 1. The molecule has 2 N–H and O–H groups in total. The van der Waals surface area contributed by atoms with Crippen LogP contribution in [0.5, 0.6) is 11.5 Å². The molecule has 21 heavy (non-hydrogen) atoms. The molecule has 1 atom stereocenters. The number of hydrogen-bond acceptors (Lipinski definition) is 4. The van der Waals surface area contributed by atoms with Gasteiger partial charge in [0.1, 0.15) is 11.9 Å². The molecule has 6 heteroatoms. The summed E-state index contributed by atoms with van der Waals surface area (Å²) in [7, 11) is 0. The van der Waals surface area contributed by atoms with E-state index in [4.69, 9.17) is 15.2 Å². The molecule has 110 valence electrons. The third-order valence-corrected chi connectivity index (χ3v) is 4.03. The van der Waals surface area contributed by atoms with Crippen molar-refractivity contribution in [1.29, 1.82) is 0 Å². The summed E-state index contributed by atoms with van der Waals surface area (Å²) in [5.41, 5.74) is 6.91. The number of nitrogens with zero attached hydrogens (tertiary/aromatic N) is 2. The Morgan fingerprint density at radius 2 is 1.95 bits per heavy atom. The van der Waals surface area contributed by atoms with Gasteiger partial charge in [-0.2, -0.15) is 4.99 Å². The van der Waals surface area contributed by atoms with Gasteiger partial charge in [-0.15, -0.1) is 0 Å². The van der Waals surface area contributed by atoms with Gasteiger partial charge in [0, 0.05) is 12.5 Å². The van der Waals surface area contributed by atoms with Gasteiger partial charge in [-0.05, 0) is 30.5 Å². The molecule has 2 heterocycles. The predicted octanol–water partition coefficient (Wildman–Crippen LogP) is 1.84. The number of ether oxygens (including phenoxy) is 2. The Bertz CT molecular complexity index is 625. The molecule has 3 aliphatic rings. The molecule has 6 nitrogen and oxygen atoms in total. The lowest BCUT2D eigenvalue weighted by Crippen LogP contribution is -2.35. The summed E-state index contributed by atoms with van der Waals surface area (Å²) >= 11 is 0. The smallest absolute Gasteiger partial charge is 0.346 e. The van der Waals surface area contributed by atoms with Crippen LogP contribution in [0.4, 0.5) is 4.79 Å². The van der Waals surface area contributed by atoms with E-state index < -0.39 is 0 Å². The van der Waals surface area contributed by atoms with Gasteiger partial charge in [0.25, 0.3) is 0 Å². The molecule has 2 aliphatic heterocycles. The first-order chi connectivity index (χ1) is 10.2. The van der Waals surface area contributed by atoms with Crippen molar-refractivity contribution in [1.82, 2.24) is 4.90 Å². The van der Waals surface area contributed by atoms with E-state index in [1.165, 1.54) is 0 Å². The highest BCUT2D eigenvalue weighted by Crippen LogP contribution is 2.40. The molecule has 0 radical (unpaired) electrons. The van der Waals surface area contributed by atoms with E-state index in [0.717, 1.165) is 30.6 Å². The second-order valence-corrected chi connectivity index (χ2v) is 5.62. The minimum atomic E-state index is -0.276. The van der Waals surface area contributed by atoms with Crippen molar-refractivity contribution in [2.75, 3.05) is 13.2 Å². The maximum absolute atomic E-state index is 12.0. The molecular weight excluding hydrogens is 270 g/mol. The van der Waals surface area contributed by atoms with E-state index in [2.05, 4.69) is 4.99 Å². The van der Waals surface area contributed by atoms with Crippen molar-refractivity contribution in [2.45, 2.75) is 31.3 Å². The highest BCUT2D eigenvalue weighted by Gasteiger charge is 2.43. The lowest BCUT2D eigenvalue weighted by atomic mass is 10.0. The monoisotopic (exact) mass is 287 g/mol. The number of rotatable bonds is 2. The molecule has 0 saturated heterocycles. The fraction of sp³-hybridized carbons (Fsp3) is 0.467. The largest absolute Gasteiger partial charge is 0.490 e. The van der Waals surface area contributed by atoms with Gasteiger partial charge in [-0.1, -0.05) is 6.07 Å². The van der Waals surface area contributed by atoms with Crippen molar-refractivity contribution in [3.05, 3.63) is 23.8 Å². The quantitative estimate of drug-likeness (QED) is 0.900. The minimum absolute atomic E-state index is 0.230. The number of carbonyl (C=O) groups is 1. The molecule has 1 aromatic rings. The number of aliphatic imine (C=N–C) groups is 1. The molecule has 1 unspecified atom stereocenters. The summed E-state index contributed by atoms with van der Waals surface area (Å²) in [6, 6.07) is 5.51. The Balaban J connectivity index is 1.70. The lowest BCUT2D eigenvalue weighted by molar-refractivity contribution is 0.203. The topological polar surface area (TPSA) is 77.2 Å². The maximum atomic E-state index is 12.0. The van der Waals surface area contributed by atoms with Gasteiger partial charge < -0.3 is 20.1 Å². The summed E-state index contributed by atoms with van der Waals surface area (Å²) in [5, 5.41) is 0. The first-order valence-electron chi connectivity index (χ1n) is 7.30. The number of fused-ring (bicyclic) bond motifs is 1. The van der Waals surface area contributed by atoms with Crippen LogP contribution < -0.4 is 15.2 Å². The van der Waals surface area contributed by atoms with E-state index in [0.29, 0.717) is 24.8 Å². The molecule has 4 rings (SSSR count). The standard InChI is InChI=1S/C15H17N3O3/c16-14-13(18(10-3-4-10)15(19)17-14)9-2-5-11-12(8-9)21-7-1-6-20-11/h2,5,8,10,13H,1,3-4,6-7H2,(H2,16,17,19). The van der Waals surface area contributed by atoms with Gasteiger partial charge in [0.15, 0.2) is 11.5 Å². The molecular formula is C15H17N3O3. The van der Waals surface area contributed by atoms with Crippen LogP contribution in [0, 0.1) is 0 Å². The van der Waals surface area contributed by atoms with Gasteiger partial charge in [-0.3, -0.25) is 0 Å². The van der Waals surface area contributed by atoms with Crippen LogP contribution in [-0.4, -0.2) is 36.0 Å². The number of urea groups is 1. The van der Waals surface area contributed by atoms with Gasteiger partial charge in [0.05, 0.1) is 13.2 Å². The zero-order chi connectivity index (χ0) is 14.4. The third-order valence-electron chi connectivity index (χ3n) is 4.03. The Labute approximate surface area is 122 Å². The number of nitrogens with two attached hydrogens (primary N) is 1. The summed E-state index contributed by atoms with van der Waals surface area (Å²) in [5.74, 6) is 1.82. The maximum Gasteiger partial charge on any atom is 0.346 e. The van der Waals surface area contributed by atoms with Crippen molar-refractivity contribution >= 4 is 11.9 Å². The molecule has 1 aromatic carbocycles. The normalized spacial score (nSPS) is 24.8. The van der Waals surface area contributed by atoms with Crippen molar-refractivity contribution in [3.8, 4) is 11.5 Å². The highest BCUT2D eigenvalue weighted by atomic mass is 16.5. The fourth-order valence-electron chi connectivity index (χ4n) is 2.88. The Hall–Kier alpha value is -2.24. The van der Waals surface area contributed by atoms with Crippen molar-refractivity contribution in [3.63, 3.8) is 0 Å². The van der Waals surface area contributed by atoms with Crippen LogP contribution in [0.15, 0.2) is 23.2 Å². The molecule has 1 fully saturated rings. The van der Waals surface area contributed by atoms with Gasteiger partial charge >= 0.3 is 6.03 Å². The number of amidine groups is 1. The van der Waals surface area contributed by atoms with Gasteiger partial charge in [-0.25, -0.2) is 4.79 Å². The van der Waals surface area contributed by atoms with Crippen LogP contribution in [0.1, 0.15) is 30.9 Å². The first-order valence-corrected chi connectivity index (χ1v) is 7.30. The predicted molar refractivity (Wildman–Crippen MR) is 76.7 cm³/mol. The van der Waals surface area contributed by atoms with E-state index in [1.807, 2.05) is 18.2 Å². The Morgan fingerprint density at radius 3 is 2.71 bits per heavy atom. The van der Waals surface area contributed by atoms with E-state index in [1.54, 1.807) is 4.90 Å².